The number of urea groups is 1. The van der Waals surface area contributed by atoms with Crippen molar-refractivity contribution in [2.75, 3.05) is 13.1 Å². The maximum absolute atomic E-state index is 12.2. The van der Waals surface area contributed by atoms with E-state index in [0.717, 1.165) is 19.3 Å². The van der Waals surface area contributed by atoms with Gasteiger partial charge in [0, 0.05) is 19.1 Å². The second kappa shape index (κ2) is 5.76. The molecule has 0 saturated carbocycles. The summed E-state index contributed by atoms with van der Waals surface area (Å²) in [7, 11) is 0. The Morgan fingerprint density at radius 3 is 2.67 bits per heavy atom. The van der Waals surface area contributed by atoms with E-state index in [-0.39, 0.29) is 12.1 Å². The number of carbonyl (C=O) groups is 2. The molecule has 1 aliphatic heterocycles. The lowest BCUT2D eigenvalue weighted by Crippen LogP contribution is -2.46. The van der Waals surface area contributed by atoms with Crippen LogP contribution in [-0.4, -0.2) is 41.1 Å². The number of nitrogens with one attached hydrogen (secondary N) is 1. The third-order valence-corrected chi connectivity index (χ3v) is 4.50. The highest BCUT2D eigenvalue weighted by Gasteiger charge is 2.32. The highest BCUT2D eigenvalue weighted by atomic mass is 16.4. The smallest absolute Gasteiger partial charge is 0.317 e. The number of carbonyl (C=O) groups excluding carboxylic acids is 1. The summed E-state index contributed by atoms with van der Waals surface area (Å²) in [4.78, 5) is 24.8. The largest absolute Gasteiger partial charge is 0.481 e. The first kappa shape index (κ1) is 13.9. The van der Waals surface area contributed by atoms with Gasteiger partial charge in [-0.15, -0.1) is 0 Å². The zero-order chi connectivity index (χ0) is 14.8. The summed E-state index contributed by atoms with van der Waals surface area (Å²) in [5.74, 6) is -1.22. The van der Waals surface area contributed by atoms with Crippen LogP contribution < -0.4 is 5.32 Å². The Morgan fingerprint density at radius 2 is 1.95 bits per heavy atom. The number of likely N-dealkylation sites (tertiary alicyclic amines) is 1. The molecule has 0 radical (unpaired) electrons. The molecule has 1 saturated heterocycles. The molecular weight excluding hydrogens is 268 g/mol. The summed E-state index contributed by atoms with van der Waals surface area (Å²) in [5, 5.41) is 12.0. The molecule has 1 heterocycles. The predicted octanol–water partition coefficient (Wildman–Crippen LogP) is 1.66. The number of benzene rings is 1. The molecule has 1 aromatic carbocycles. The quantitative estimate of drug-likeness (QED) is 0.869. The Morgan fingerprint density at radius 1 is 1.19 bits per heavy atom. The van der Waals surface area contributed by atoms with Gasteiger partial charge in [-0.3, -0.25) is 4.79 Å². The fourth-order valence-electron chi connectivity index (χ4n) is 3.23. The summed E-state index contributed by atoms with van der Waals surface area (Å²) in [6.07, 6.45) is 3.34. The maximum atomic E-state index is 12.2. The molecule has 1 aliphatic carbocycles. The van der Waals surface area contributed by atoms with Gasteiger partial charge in [0.25, 0.3) is 0 Å². The van der Waals surface area contributed by atoms with Crippen molar-refractivity contribution in [2.45, 2.75) is 31.7 Å². The van der Waals surface area contributed by atoms with E-state index in [4.69, 9.17) is 5.11 Å². The third kappa shape index (κ3) is 3.01. The summed E-state index contributed by atoms with van der Waals surface area (Å²) in [5.41, 5.74) is 2.67. The van der Waals surface area contributed by atoms with Gasteiger partial charge in [0.05, 0.1) is 5.92 Å². The van der Waals surface area contributed by atoms with Gasteiger partial charge in [0.15, 0.2) is 0 Å². The van der Waals surface area contributed by atoms with Crippen molar-refractivity contribution in [1.82, 2.24) is 10.2 Å². The van der Waals surface area contributed by atoms with Gasteiger partial charge in [-0.05, 0) is 36.8 Å². The van der Waals surface area contributed by atoms with Crippen LogP contribution in [0.15, 0.2) is 24.3 Å². The maximum Gasteiger partial charge on any atom is 0.317 e. The fourth-order valence-corrected chi connectivity index (χ4v) is 3.23. The van der Waals surface area contributed by atoms with Crippen LogP contribution in [0.3, 0.4) is 0 Å². The molecule has 21 heavy (non-hydrogen) atoms. The number of rotatable bonds is 2. The molecule has 0 bridgehead atoms. The average Bonchev–Trinajstić information content (AvgIpc) is 2.97. The SMILES string of the molecule is O=C(O)C1CCN(C(=O)NC2CCc3ccccc3C2)C1. The highest BCUT2D eigenvalue weighted by Crippen LogP contribution is 2.22. The molecule has 1 fully saturated rings. The number of hydrogen-bond acceptors (Lipinski definition) is 2. The average molecular weight is 288 g/mol. The van der Waals surface area contributed by atoms with Crippen LogP contribution in [0.4, 0.5) is 4.79 Å². The number of hydrogen-bond donors (Lipinski definition) is 2. The first-order chi connectivity index (χ1) is 10.1. The van der Waals surface area contributed by atoms with Crippen molar-refractivity contribution < 1.29 is 14.7 Å². The normalized spacial score (nSPS) is 24.5. The molecule has 0 aromatic heterocycles. The van der Waals surface area contributed by atoms with Gasteiger partial charge in [0.1, 0.15) is 0 Å². The van der Waals surface area contributed by atoms with E-state index in [0.29, 0.717) is 19.5 Å². The lowest BCUT2D eigenvalue weighted by Gasteiger charge is -2.27. The zero-order valence-electron chi connectivity index (χ0n) is 11.9. The Kier molecular flexibility index (Phi) is 3.82. The molecule has 5 nitrogen and oxygen atoms in total. The number of amides is 2. The molecule has 5 heteroatoms. The number of carboxylic acids is 1. The van der Waals surface area contributed by atoms with E-state index in [1.807, 2.05) is 12.1 Å². The van der Waals surface area contributed by atoms with E-state index in [2.05, 4.69) is 17.4 Å². The third-order valence-electron chi connectivity index (χ3n) is 4.50. The fraction of sp³-hybridized carbons (Fsp3) is 0.500. The van der Waals surface area contributed by atoms with Crippen LogP contribution in [-0.2, 0) is 17.6 Å². The van der Waals surface area contributed by atoms with Crippen molar-refractivity contribution in [1.29, 1.82) is 0 Å². The Labute approximate surface area is 123 Å². The highest BCUT2D eigenvalue weighted by molar-refractivity contribution is 5.77. The van der Waals surface area contributed by atoms with E-state index >= 15 is 0 Å². The molecule has 2 N–H and O–H groups in total. The van der Waals surface area contributed by atoms with E-state index in [1.165, 1.54) is 11.1 Å². The molecule has 3 rings (SSSR count). The van der Waals surface area contributed by atoms with Crippen LogP contribution in [0.1, 0.15) is 24.0 Å². The van der Waals surface area contributed by atoms with Crippen LogP contribution in [0.25, 0.3) is 0 Å². The lowest BCUT2D eigenvalue weighted by molar-refractivity contribution is -0.141. The lowest BCUT2D eigenvalue weighted by atomic mass is 9.88. The van der Waals surface area contributed by atoms with Crippen LogP contribution >= 0.6 is 0 Å². The van der Waals surface area contributed by atoms with Crippen LogP contribution in [0.2, 0.25) is 0 Å². The minimum absolute atomic E-state index is 0.122. The summed E-state index contributed by atoms with van der Waals surface area (Å²) >= 11 is 0. The molecule has 2 unspecified atom stereocenters. The van der Waals surface area contributed by atoms with E-state index < -0.39 is 11.9 Å². The van der Waals surface area contributed by atoms with Gasteiger partial charge in [-0.2, -0.15) is 0 Å². The number of aryl methyl sites for hydroxylation is 1. The molecule has 2 atom stereocenters. The first-order valence-corrected chi connectivity index (χ1v) is 7.48. The van der Waals surface area contributed by atoms with Crippen LogP contribution in [0.5, 0.6) is 0 Å². The monoisotopic (exact) mass is 288 g/mol. The van der Waals surface area contributed by atoms with Crippen molar-refractivity contribution in [2.24, 2.45) is 5.92 Å². The van der Waals surface area contributed by atoms with E-state index in [9.17, 15) is 9.59 Å². The summed E-state index contributed by atoms with van der Waals surface area (Å²) < 4.78 is 0. The van der Waals surface area contributed by atoms with Gasteiger partial charge in [-0.1, -0.05) is 24.3 Å². The standard InChI is InChI=1S/C16H20N2O3/c19-15(20)13-7-8-18(10-13)16(21)17-14-6-5-11-3-1-2-4-12(11)9-14/h1-4,13-14H,5-10H2,(H,17,21)(H,19,20). The van der Waals surface area contributed by atoms with Gasteiger partial charge in [-0.25, -0.2) is 4.79 Å². The molecule has 2 aliphatic rings. The van der Waals surface area contributed by atoms with Gasteiger partial charge in [0.2, 0.25) is 0 Å². The predicted molar refractivity (Wildman–Crippen MR) is 78.1 cm³/mol. The van der Waals surface area contributed by atoms with Crippen molar-refractivity contribution in [3.05, 3.63) is 35.4 Å². The first-order valence-electron chi connectivity index (χ1n) is 7.48. The molecule has 1 aromatic rings. The minimum Gasteiger partial charge on any atom is -0.481 e. The molecule has 2 amide bonds. The minimum atomic E-state index is -0.808. The number of carboxylic acid groups (broad SMARTS) is 1. The summed E-state index contributed by atoms with van der Waals surface area (Å²) in [6, 6.07) is 8.36. The topological polar surface area (TPSA) is 69.6 Å². The Hall–Kier alpha value is -2.04. The second-order valence-corrected chi connectivity index (χ2v) is 5.93. The van der Waals surface area contributed by atoms with Gasteiger partial charge >= 0.3 is 12.0 Å². The Bertz CT molecular complexity index is 558. The van der Waals surface area contributed by atoms with Crippen LogP contribution in [0, 0.1) is 5.92 Å². The molecule has 112 valence electrons. The Balaban J connectivity index is 1.56. The molecular formula is C16H20N2O3. The van der Waals surface area contributed by atoms with Gasteiger partial charge < -0.3 is 15.3 Å². The second-order valence-electron chi connectivity index (χ2n) is 5.93. The van der Waals surface area contributed by atoms with Crippen molar-refractivity contribution >= 4 is 12.0 Å². The number of aliphatic carboxylic acids is 1. The zero-order valence-corrected chi connectivity index (χ0v) is 11.9. The summed E-state index contributed by atoms with van der Waals surface area (Å²) in [6.45, 7) is 0.858. The van der Waals surface area contributed by atoms with Crippen molar-refractivity contribution in [3.8, 4) is 0 Å². The number of nitrogens with zero attached hydrogens (tertiary/aromatic N) is 1. The van der Waals surface area contributed by atoms with E-state index in [1.54, 1.807) is 4.90 Å². The molecule has 0 spiro atoms. The van der Waals surface area contributed by atoms with Crippen molar-refractivity contribution in [3.63, 3.8) is 0 Å². The number of fused-ring (bicyclic) bond motifs is 1.